The number of hydrogen-bond acceptors (Lipinski definition) is 5. The Balaban J connectivity index is 1.67. The molecule has 2 N–H and O–H groups in total. The predicted molar refractivity (Wildman–Crippen MR) is 113 cm³/mol. The molecule has 0 atom stereocenters. The summed E-state index contributed by atoms with van der Waals surface area (Å²) in [4.78, 5) is 18.1. The van der Waals surface area contributed by atoms with Crippen LogP contribution in [0.15, 0.2) is 52.4 Å². The van der Waals surface area contributed by atoms with E-state index in [9.17, 15) is 4.79 Å². The van der Waals surface area contributed by atoms with E-state index in [1.165, 1.54) is 6.07 Å². The topological polar surface area (TPSA) is 79.4 Å². The number of H-pyrrole nitrogens is 1. The van der Waals surface area contributed by atoms with Gasteiger partial charge in [-0.2, -0.15) is 5.10 Å². The fraction of sp³-hybridized carbons (Fsp3) is 0.105. The van der Waals surface area contributed by atoms with Gasteiger partial charge < -0.3 is 4.74 Å². The summed E-state index contributed by atoms with van der Waals surface area (Å²) in [6, 6.07) is 12.0. The molecule has 2 aromatic carbocycles. The molecule has 1 heterocycles. The van der Waals surface area contributed by atoms with Crippen LogP contribution < -0.4 is 15.7 Å². The lowest BCUT2D eigenvalue weighted by Crippen LogP contribution is -2.10. The molecular weight excluding hydrogens is 423 g/mol. The van der Waals surface area contributed by atoms with Gasteiger partial charge in [0.1, 0.15) is 12.4 Å². The van der Waals surface area contributed by atoms with Crippen LogP contribution in [0, 0.1) is 6.92 Å². The molecule has 0 spiro atoms. The molecule has 0 unspecified atom stereocenters. The van der Waals surface area contributed by atoms with Crippen molar-refractivity contribution < 1.29 is 4.74 Å². The van der Waals surface area contributed by atoms with Gasteiger partial charge in [0.25, 0.3) is 5.56 Å². The summed E-state index contributed by atoms with van der Waals surface area (Å²) < 4.78 is 5.78. The number of halogens is 3. The summed E-state index contributed by atoms with van der Waals surface area (Å²) >= 11 is 18.4. The highest BCUT2D eigenvalue weighted by molar-refractivity contribution is 6.44. The van der Waals surface area contributed by atoms with Crippen LogP contribution in [0.3, 0.4) is 0 Å². The highest BCUT2D eigenvalue weighted by Gasteiger charge is 2.10. The quantitative estimate of drug-likeness (QED) is 0.321. The zero-order valence-corrected chi connectivity index (χ0v) is 16.9. The third kappa shape index (κ3) is 5.25. The first-order chi connectivity index (χ1) is 13.4. The van der Waals surface area contributed by atoms with Crippen molar-refractivity contribution in [2.45, 2.75) is 13.5 Å². The number of rotatable bonds is 6. The molecule has 6 nitrogen and oxygen atoms in total. The Kier molecular flexibility index (Phi) is 6.57. The largest absolute Gasteiger partial charge is 0.489 e. The van der Waals surface area contributed by atoms with Gasteiger partial charge in [0, 0.05) is 22.3 Å². The van der Waals surface area contributed by atoms with Crippen molar-refractivity contribution in [2.24, 2.45) is 5.10 Å². The Morgan fingerprint density at radius 3 is 2.75 bits per heavy atom. The normalized spacial score (nSPS) is 11.0. The zero-order chi connectivity index (χ0) is 20.1. The number of anilines is 1. The Hall–Kier alpha value is -2.54. The smallest absolute Gasteiger partial charge is 0.252 e. The van der Waals surface area contributed by atoms with Gasteiger partial charge in [-0.3, -0.25) is 9.78 Å². The molecule has 0 aliphatic heterocycles. The van der Waals surface area contributed by atoms with Crippen molar-refractivity contribution in [1.29, 1.82) is 0 Å². The molecule has 0 fully saturated rings. The Morgan fingerprint density at radius 2 is 1.96 bits per heavy atom. The maximum atomic E-state index is 11.4. The van der Waals surface area contributed by atoms with Crippen LogP contribution in [-0.2, 0) is 6.61 Å². The van der Waals surface area contributed by atoms with E-state index in [1.807, 2.05) is 12.1 Å². The minimum Gasteiger partial charge on any atom is -0.489 e. The standard InChI is InChI=1S/C19H15Cl3N4O2/c1-11-7-17(27)25-19(24-11)26-23-9-12-3-2-4-13(8-12)28-10-14-15(20)5-6-16(21)18(14)22/h2-9H,10H2,1H3,(H2,24,25,26,27)/b23-9+. The van der Waals surface area contributed by atoms with Gasteiger partial charge in [0.15, 0.2) is 0 Å². The second-order valence-corrected chi connectivity index (χ2v) is 6.98. The number of ether oxygens (including phenoxy) is 1. The van der Waals surface area contributed by atoms with Crippen LogP contribution in [0.4, 0.5) is 5.95 Å². The van der Waals surface area contributed by atoms with Crippen molar-refractivity contribution in [2.75, 3.05) is 5.43 Å². The molecule has 28 heavy (non-hydrogen) atoms. The third-order valence-corrected chi connectivity index (χ3v) is 4.83. The Bertz CT molecular complexity index is 1080. The first-order valence-electron chi connectivity index (χ1n) is 8.14. The van der Waals surface area contributed by atoms with E-state index in [1.54, 1.807) is 37.4 Å². The highest BCUT2D eigenvalue weighted by atomic mass is 35.5. The maximum absolute atomic E-state index is 11.4. The minimum absolute atomic E-state index is 0.172. The minimum atomic E-state index is -0.251. The molecule has 0 saturated carbocycles. The van der Waals surface area contributed by atoms with Gasteiger partial charge in [-0.05, 0) is 36.8 Å². The number of benzene rings is 2. The molecule has 0 aliphatic carbocycles. The fourth-order valence-electron chi connectivity index (χ4n) is 2.34. The van der Waals surface area contributed by atoms with Crippen LogP contribution in [0.5, 0.6) is 5.75 Å². The molecule has 0 saturated heterocycles. The van der Waals surface area contributed by atoms with Crippen LogP contribution >= 0.6 is 34.8 Å². The second kappa shape index (κ2) is 9.10. The van der Waals surface area contributed by atoms with Crippen molar-refractivity contribution >= 4 is 47.0 Å². The molecule has 9 heteroatoms. The van der Waals surface area contributed by atoms with Crippen LogP contribution in [0.1, 0.15) is 16.8 Å². The van der Waals surface area contributed by atoms with E-state index in [0.29, 0.717) is 32.1 Å². The molecular formula is C19H15Cl3N4O2. The SMILES string of the molecule is Cc1cc(=O)[nH]c(N/N=C/c2cccc(OCc3c(Cl)ccc(Cl)c3Cl)c2)n1. The predicted octanol–water partition coefficient (Wildman–Crippen LogP) is 5.06. The van der Waals surface area contributed by atoms with Crippen molar-refractivity contribution in [1.82, 2.24) is 9.97 Å². The van der Waals surface area contributed by atoms with E-state index >= 15 is 0 Å². The van der Waals surface area contributed by atoms with Crippen LogP contribution in [0.2, 0.25) is 15.1 Å². The number of nitrogens with one attached hydrogen (secondary N) is 2. The molecule has 3 rings (SSSR count). The summed E-state index contributed by atoms with van der Waals surface area (Å²) in [5.41, 5.74) is 4.42. The fourth-order valence-corrected chi connectivity index (χ4v) is 3.00. The average Bonchev–Trinajstić information content (AvgIpc) is 2.64. The van der Waals surface area contributed by atoms with Crippen molar-refractivity contribution in [3.8, 4) is 5.75 Å². The first kappa shape index (κ1) is 20.2. The summed E-state index contributed by atoms with van der Waals surface area (Å²) in [6.45, 7) is 1.90. The number of aromatic amines is 1. The molecule has 3 aromatic rings. The monoisotopic (exact) mass is 436 g/mol. The summed E-state index contributed by atoms with van der Waals surface area (Å²) in [7, 11) is 0. The summed E-state index contributed by atoms with van der Waals surface area (Å²) in [5, 5.41) is 5.34. The number of nitrogens with zero attached hydrogens (tertiary/aromatic N) is 2. The number of hydrogen-bond donors (Lipinski definition) is 2. The van der Waals surface area contributed by atoms with Gasteiger partial charge in [-0.1, -0.05) is 46.9 Å². The second-order valence-electron chi connectivity index (χ2n) is 5.79. The van der Waals surface area contributed by atoms with Gasteiger partial charge in [0.05, 0.1) is 16.3 Å². The molecule has 0 aliphatic rings. The lowest BCUT2D eigenvalue weighted by Gasteiger charge is -2.11. The molecule has 1 aromatic heterocycles. The highest BCUT2D eigenvalue weighted by Crippen LogP contribution is 2.32. The maximum Gasteiger partial charge on any atom is 0.252 e. The van der Waals surface area contributed by atoms with Crippen molar-refractivity contribution in [3.05, 3.63) is 84.7 Å². The Labute approximate surface area is 176 Å². The first-order valence-corrected chi connectivity index (χ1v) is 9.28. The average molecular weight is 438 g/mol. The van der Waals surface area contributed by atoms with Crippen LogP contribution in [-0.4, -0.2) is 16.2 Å². The molecule has 144 valence electrons. The molecule has 0 bridgehead atoms. The van der Waals surface area contributed by atoms with E-state index in [0.717, 1.165) is 5.56 Å². The van der Waals surface area contributed by atoms with Crippen molar-refractivity contribution in [3.63, 3.8) is 0 Å². The number of aromatic nitrogens is 2. The van der Waals surface area contributed by atoms with E-state index < -0.39 is 0 Å². The van der Waals surface area contributed by atoms with E-state index in [-0.39, 0.29) is 18.1 Å². The third-order valence-electron chi connectivity index (χ3n) is 3.63. The van der Waals surface area contributed by atoms with Gasteiger partial charge >= 0.3 is 0 Å². The summed E-state index contributed by atoms with van der Waals surface area (Å²) in [5.74, 6) is 0.872. The van der Waals surface area contributed by atoms with Gasteiger partial charge in [-0.15, -0.1) is 0 Å². The zero-order valence-electron chi connectivity index (χ0n) is 14.7. The number of aryl methyl sites for hydroxylation is 1. The Morgan fingerprint density at radius 1 is 1.18 bits per heavy atom. The molecule has 0 radical (unpaired) electrons. The molecule has 0 amide bonds. The van der Waals surface area contributed by atoms with Gasteiger partial charge in [0.2, 0.25) is 5.95 Å². The van der Waals surface area contributed by atoms with Crippen LogP contribution in [0.25, 0.3) is 0 Å². The van der Waals surface area contributed by atoms with E-state index in [2.05, 4.69) is 20.5 Å². The lowest BCUT2D eigenvalue weighted by molar-refractivity contribution is 0.306. The van der Waals surface area contributed by atoms with Gasteiger partial charge in [-0.25, -0.2) is 10.4 Å². The van der Waals surface area contributed by atoms with E-state index in [4.69, 9.17) is 39.5 Å². The summed E-state index contributed by atoms with van der Waals surface area (Å²) in [6.07, 6.45) is 1.58. The lowest BCUT2D eigenvalue weighted by atomic mass is 10.2. The number of hydrazone groups is 1.